The van der Waals surface area contributed by atoms with Crippen LogP contribution in [0.3, 0.4) is 0 Å². The summed E-state index contributed by atoms with van der Waals surface area (Å²) >= 11 is 0. The molecule has 11 rings (SSSR count). The largest absolute Gasteiger partial charge is 0.455 e. The maximum atomic E-state index is 6.84. The van der Waals surface area contributed by atoms with Crippen molar-refractivity contribution in [3.05, 3.63) is 218 Å². The monoisotopic (exact) mass is 715 g/mol. The van der Waals surface area contributed by atoms with Crippen molar-refractivity contribution in [3.63, 3.8) is 0 Å². The summed E-state index contributed by atoms with van der Waals surface area (Å²) in [5, 5.41) is 9.60. The van der Waals surface area contributed by atoms with E-state index in [0.29, 0.717) is 0 Å². The topological polar surface area (TPSA) is 16.4 Å². The van der Waals surface area contributed by atoms with E-state index < -0.39 is 0 Å². The molecule has 0 fully saturated rings. The molecule has 2 heteroatoms. The highest BCUT2D eigenvalue weighted by molar-refractivity contribution is 6.15. The zero-order chi connectivity index (χ0) is 37.0. The van der Waals surface area contributed by atoms with Crippen LogP contribution in [0.25, 0.3) is 76.5 Å². The van der Waals surface area contributed by atoms with Crippen molar-refractivity contribution < 1.29 is 4.42 Å². The predicted molar refractivity (Wildman–Crippen MR) is 237 cm³/mol. The number of hydrogen-bond donors (Lipinski definition) is 0. The van der Waals surface area contributed by atoms with Crippen LogP contribution >= 0.6 is 0 Å². The van der Waals surface area contributed by atoms with Gasteiger partial charge in [-0.2, -0.15) is 0 Å². The molecule has 10 aromatic rings. The van der Waals surface area contributed by atoms with Crippen LogP contribution in [0.2, 0.25) is 0 Å². The molecule has 2 nitrogen and oxygen atoms in total. The Labute approximate surface area is 325 Å². The van der Waals surface area contributed by atoms with Crippen LogP contribution in [0.5, 0.6) is 0 Å². The van der Waals surface area contributed by atoms with Gasteiger partial charge in [-0.1, -0.05) is 188 Å². The SMILES string of the molecule is C1=CC(c2ccc(-c3ccccc3)cc2)C(N(c2ccccc2-c2cccc3c2oc2cc4ccccc4cc23)c2cccc3c2ccc2ccccc23)C=C1. The summed E-state index contributed by atoms with van der Waals surface area (Å²) in [6, 6.07) is 68.2. The molecule has 0 radical (unpaired) electrons. The number of anilines is 2. The van der Waals surface area contributed by atoms with Crippen LogP contribution in [0.4, 0.5) is 11.4 Å². The van der Waals surface area contributed by atoms with Gasteiger partial charge < -0.3 is 9.32 Å². The number of nitrogens with zero attached hydrogens (tertiary/aromatic N) is 1. The molecule has 1 aliphatic rings. The van der Waals surface area contributed by atoms with E-state index in [4.69, 9.17) is 4.42 Å². The fraction of sp³-hybridized carbons (Fsp3) is 0.0370. The van der Waals surface area contributed by atoms with E-state index in [9.17, 15) is 0 Å². The Balaban J connectivity index is 1.13. The van der Waals surface area contributed by atoms with Crippen LogP contribution in [0, 0.1) is 0 Å². The summed E-state index contributed by atoms with van der Waals surface area (Å²) < 4.78 is 6.84. The minimum Gasteiger partial charge on any atom is -0.455 e. The van der Waals surface area contributed by atoms with Gasteiger partial charge in [0.25, 0.3) is 0 Å². The van der Waals surface area contributed by atoms with Crippen molar-refractivity contribution in [3.8, 4) is 22.3 Å². The minimum absolute atomic E-state index is 0.0269. The van der Waals surface area contributed by atoms with E-state index >= 15 is 0 Å². The Hall–Kier alpha value is -7.16. The van der Waals surface area contributed by atoms with Gasteiger partial charge in [0.1, 0.15) is 11.2 Å². The van der Waals surface area contributed by atoms with Crippen molar-refractivity contribution in [1.82, 2.24) is 0 Å². The zero-order valence-corrected chi connectivity index (χ0v) is 30.7. The number of furan rings is 1. The van der Waals surface area contributed by atoms with Gasteiger partial charge >= 0.3 is 0 Å². The van der Waals surface area contributed by atoms with E-state index in [-0.39, 0.29) is 12.0 Å². The number of hydrogen-bond acceptors (Lipinski definition) is 2. The van der Waals surface area contributed by atoms with Crippen LogP contribution in [-0.2, 0) is 0 Å². The molecule has 0 aliphatic heterocycles. The van der Waals surface area contributed by atoms with Gasteiger partial charge in [0, 0.05) is 44.6 Å². The number of allylic oxidation sites excluding steroid dienone is 2. The fourth-order valence-corrected chi connectivity index (χ4v) is 8.97. The van der Waals surface area contributed by atoms with Crippen molar-refractivity contribution in [2.45, 2.75) is 12.0 Å². The highest BCUT2D eigenvalue weighted by atomic mass is 16.3. The third-order valence-corrected chi connectivity index (χ3v) is 11.6. The van der Waals surface area contributed by atoms with Gasteiger partial charge in [0.15, 0.2) is 0 Å². The van der Waals surface area contributed by atoms with Gasteiger partial charge in [-0.3, -0.25) is 0 Å². The molecule has 1 heterocycles. The Morgan fingerprint density at radius 3 is 1.91 bits per heavy atom. The summed E-state index contributed by atoms with van der Waals surface area (Å²) in [5.74, 6) is 0.0861. The lowest BCUT2D eigenvalue weighted by Crippen LogP contribution is -2.35. The highest BCUT2D eigenvalue weighted by Crippen LogP contribution is 2.47. The van der Waals surface area contributed by atoms with E-state index in [1.807, 2.05) is 0 Å². The number of rotatable bonds is 6. The first kappa shape index (κ1) is 32.3. The standard InChI is InChI=1S/C54H37NO/c1-2-14-36(15-3-1)37-28-30-39(31-29-37)43-20-8-10-25-50(43)55(52-27-13-22-44-42-19-7-6-16-38(42)32-33-46(44)52)51-26-11-9-21-45(51)47-23-12-24-48-49-34-40-17-4-5-18-41(40)35-53(49)56-54(47)48/h1-35,43,50H. The smallest absolute Gasteiger partial charge is 0.143 e. The molecule has 0 saturated heterocycles. The fourth-order valence-electron chi connectivity index (χ4n) is 8.97. The summed E-state index contributed by atoms with van der Waals surface area (Å²) in [5.41, 5.74) is 10.0. The lowest BCUT2D eigenvalue weighted by molar-refractivity contribution is 0.670. The second kappa shape index (κ2) is 13.3. The first-order valence-electron chi connectivity index (χ1n) is 19.4. The minimum atomic E-state index is -0.0269. The first-order valence-corrected chi connectivity index (χ1v) is 19.4. The van der Waals surface area contributed by atoms with Gasteiger partial charge in [-0.15, -0.1) is 0 Å². The molecule has 2 atom stereocenters. The summed E-state index contributed by atoms with van der Waals surface area (Å²) in [6.45, 7) is 0. The van der Waals surface area contributed by atoms with Crippen LogP contribution in [0.15, 0.2) is 217 Å². The Morgan fingerprint density at radius 1 is 0.393 bits per heavy atom. The molecule has 0 spiro atoms. The van der Waals surface area contributed by atoms with Gasteiger partial charge in [-0.25, -0.2) is 0 Å². The molecule has 264 valence electrons. The summed E-state index contributed by atoms with van der Waals surface area (Å²) in [6.07, 6.45) is 9.15. The van der Waals surface area contributed by atoms with Crippen LogP contribution in [0.1, 0.15) is 11.5 Å². The maximum absolute atomic E-state index is 6.84. The summed E-state index contributed by atoms with van der Waals surface area (Å²) in [7, 11) is 0. The number of para-hydroxylation sites is 2. The van der Waals surface area contributed by atoms with Crippen LogP contribution in [-0.4, -0.2) is 6.04 Å². The second-order valence-corrected chi connectivity index (χ2v) is 14.8. The molecule has 0 amide bonds. The molecule has 0 N–H and O–H groups in total. The second-order valence-electron chi connectivity index (χ2n) is 14.8. The zero-order valence-electron chi connectivity index (χ0n) is 30.7. The Morgan fingerprint density at radius 2 is 1.04 bits per heavy atom. The average Bonchev–Trinajstić information content (AvgIpc) is 3.64. The predicted octanol–water partition coefficient (Wildman–Crippen LogP) is 14.8. The number of fused-ring (bicyclic) bond motifs is 7. The third-order valence-electron chi connectivity index (χ3n) is 11.6. The molecule has 0 bridgehead atoms. The molecule has 1 aliphatic carbocycles. The molecule has 9 aromatic carbocycles. The summed E-state index contributed by atoms with van der Waals surface area (Å²) in [4.78, 5) is 2.58. The molecular weight excluding hydrogens is 679 g/mol. The molecule has 56 heavy (non-hydrogen) atoms. The van der Waals surface area contributed by atoms with E-state index in [0.717, 1.165) is 38.8 Å². The lowest BCUT2D eigenvalue weighted by Gasteiger charge is -2.39. The normalized spacial score (nSPS) is 15.4. The third kappa shape index (κ3) is 5.33. The van der Waals surface area contributed by atoms with Gasteiger partial charge in [-0.05, 0) is 67.9 Å². The lowest BCUT2D eigenvalue weighted by atomic mass is 9.85. The van der Waals surface area contributed by atoms with Crippen molar-refractivity contribution in [2.75, 3.05) is 4.90 Å². The highest BCUT2D eigenvalue weighted by Gasteiger charge is 2.31. The first-order chi connectivity index (χ1) is 27.8. The molecule has 2 unspecified atom stereocenters. The molecular formula is C54H37NO. The average molecular weight is 716 g/mol. The van der Waals surface area contributed by atoms with Crippen molar-refractivity contribution in [2.24, 2.45) is 0 Å². The van der Waals surface area contributed by atoms with Crippen LogP contribution < -0.4 is 4.90 Å². The van der Waals surface area contributed by atoms with Crippen molar-refractivity contribution in [1.29, 1.82) is 0 Å². The quantitative estimate of drug-likeness (QED) is 0.159. The van der Waals surface area contributed by atoms with Gasteiger partial charge in [0.05, 0.1) is 6.04 Å². The molecule has 0 saturated carbocycles. The Bertz CT molecular complexity index is 3150. The van der Waals surface area contributed by atoms with E-state index in [1.165, 1.54) is 54.7 Å². The van der Waals surface area contributed by atoms with E-state index in [1.54, 1.807) is 0 Å². The number of benzene rings is 9. The maximum Gasteiger partial charge on any atom is 0.143 e. The molecule has 1 aromatic heterocycles. The van der Waals surface area contributed by atoms with E-state index in [2.05, 4.69) is 217 Å². The van der Waals surface area contributed by atoms with Crippen molar-refractivity contribution >= 4 is 65.6 Å². The van der Waals surface area contributed by atoms with Gasteiger partial charge in [0.2, 0.25) is 0 Å². The Kier molecular flexibility index (Phi) is 7.67.